The minimum Gasteiger partial charge on any atom is -0.483 e. The van der Waals surface area contributed by atoms with Gasteiger partial charge in [-0.3, -0.25) is 9.59 Å². The lowest BCUT2D eigenvalue weighted by atomic mass is 9.77. The molecule has 1 aliphatic carbocycles. The number of carbonyl (C=O) groups excluding carboxylic acids is 1. The van der Waals surface area contributed by atoms with E-state index in [-0.39, 0.29) is 24.5 Å². The van der Waals surface area contributed by atoms with Crippen LogP contribution in [0, 0.1) is 25.7 Å². The van der Waals surface area contributed by atoms with Crippen LogP contribution < -0.4 is 0 Å². The fraction of sp³-hybridized carbons (Fsp3) is 0.579. The summed E-state index contributed by atoms with van der Waals surface area (Å²) in [5.74, 6) is 1.66. The average molecular weight is 390 g/mol. The van der Waals surface area contributed by atoms with Gasteiger partial charge in [0.05, 0.1) is 30.6 Å². The van der Waals surface area contributed by atoms with Crippen LogP contribution in [0.5, 0.6) is 0 Å². The number of carboxylic acid groups (broad SMARTS) is 1. The van der Waals surface area contributed by atoms with Crippen LogP contribution in [0.15, 0.2) is 23.2 Å². The Morgan fingerprint density at radius 3 is 2.57 bits per heavy atom. The number of aryl methyl sites for hydroxylation is 2. The molecule has 9 heteroatoms. The van der Waals surface area contributed by atoms with E-state index in [1.165, 1.54) is 0 Å². The van der Waals surface area contributed by atoms with Crippen molar-refractivity contribution >= 4 is 12.4 Å². The van der Waals surface area contributed by atoms with Crippen molar-refractivity contribution in [1.82, 2.24) is 19.6 Å². The minimum absolute atomic E-state index is 0.0568. The zero-order chi connectivity index (χ0) is 20.3. The van der Waals surface area contributed by atoms with Gasteiger partial charge in [0.15, 0.2) is 0 Å². The van der Waals surface area contributed by atoms with Gasteiger partial charge in [-0.05, 0) is 38.5 Å². The summed E-state index contributed by atoms with van der Waals surface area (Å²) >= 11 is 0. The van der Waals surface area contributed by atoms with Crippen molar-refractivity contribution in [2.75, 3.05) is 13.1 Å². The molecule has 1 aliphatic heterocycles. The van der Waals surface area contributed by atoms with Crippen LogP contribution in [0.3, 0.4) is 0 Å². The molecule has 2 aromatic rings. The van der Waals surface area contributed by atoms with Crippen LogP contribution in [0.25, 0.3) is 0 Å². The van der Waals surface area contributed by atoms with E-state index in [9.17, 15) is 9.90 Å². The number of amides is 1. The standard InChI is InChI=1S/C18H24N4O3.CH2O2/c1-11-15(12(2)25-20-11)7-18(24)22-8-13-5-16(21-4-3-19-10-21)17(23)6-14(13)9-22;2-1-3/h3-4,10,13-14,16-17,23H,5-9H2,1-2H3;1H,(H,2,3)/t13-,14+,16-,17-;/m1./s1. The van der Waals surface area contributed by atoms with E-state index in [1.54, 1.807) is 12.5 Å². The topological polar surface area (TPSA) is 122 Å². The first-order chi connectivity index (χ1) is 13.4. The van der Waals surface area contributed by atoms with Gasteiger partial charge in [-0.1, -0.05) is 5.16 Å². The molecule has 9 nitrogen and oxygen atoms in total. The summed E-state index contributed by atoms with van der Waals surface area (Å²) in [6.07, 6.45) is 7.00. The molecule has 2 aliphatic rings. The molecule has 28 heavy (non-hydrogen) atoms. The van der Waals surface area contributed by atoms with Crippen molar-refractivity contribution < 1.29 is 24.3 Å². The van der Waals surface area contributed by atoms with Gasteiger partial charge in [0, 0.05) is 31.0 Å². The molecule has 1 saturated carbocycles. The van der Waals surface area contributed by atoms with E-state index in [4.69, 9.17) is 14.4 Å². The number of rotatable bonds is 3. The average Bonchev–Trinajstić information content (AvgIpc) is 3.38. The number of fused-ring (bicyclic) bond motifs is 1. The Bertz CT molecular complexity index is 784. The molecule has 152 valence electrons. The number of likely N-dealkylation sites (tertiary alicyclic amines) is 1. The Morgan fingerprint density at radius 1 is 1.32 bits per heavy atom. The molecular formula is C19H26N4O5. The van der Waals surface area contributed by atoms with Gasteiger partial charge in [-0.25, -0.2) is 4.98 Å². The fourth-order valence-corrected chi connectivity index (χ4v) is 4.41. The van der Waals surface area contributed by atoms with Crippen molar-refractivity contribution in [3.05, 3.63) is 35.7 Å². The highest BCUT2D eigenvalue weighted by molar-refractivity contribution is 5.79. The third-order valence-corrected chi connectivity index (χ3v) is 5.88. The number of hydrogen-bond acceptors (Lipinski definition) is 6. The fourth-order valence-electron chi connectivity index (χ4n) is 4.41. The number of aliphatic hydroxyl groups is 1. The van der Waals surface area contributed by atoms with Gasteiger partial charge >= 0.3 is 0 Å². The van der Waals surface area contributed by atoms with Crippen molar-refractivity contribution in [2.24, 2.45) is 11.8 Å². The lowest BCUT2D eigenvalue weighted by molar-refractivity contribution is -0.129. The van der Waals surface area contributed by atoms with Crippen LogP contribution in [-0.2, 0) is 16.0 Å². The zero-order valence-electron chi connectivity index (χ0n) is 16.1. The second-order valence-corrected chi connectivity index (χ2v) is 7.52. The summed E-state index contributed by atoms with van der Waals surface area (Å²) in [6, 6.07) is 0.0568. The molecule has 0 radical (unpaired) electrons. The third-order valence-electron chi connectivity index (χ3n) is 5.88. The van der Waals surface area contributed by atoms with Crippen LogP contribution in [0.2, 0.25) is 0 Å². The number of imidazole rings is 1. The summed E-state index contributed by atoms with van der Waals surface area (Å²) in [4.78, 5) is 27.1. The Kier molecular flexibility index (Phi) is 6.13. The van der Waals surface area contributed by atoms with Gasteiger partial charge in [0.2, 0.25) is 5.91 Å². The molecule has 0 aromatic carbocycles. The van der Waals surface area contributed by atoms with Crippen molar-refractivity contribution in [2.45, 2.75) is 45.3 Å². The molecule has 0 spiro atoms. The van der Waals surface area contributed by atoms with Gasteiger partial charge in [-0.2, -0.15) is 0 Å². The van der Waals surface area contributed by atoms with E-state index in [0.717, 1.165) is 42.9 Å². The lowest BCUT2D eigenvalue weighted by Gasteiger charge is -2.35. The largest absolute Gasteiger partial charge is 0.483 e. The third kappa shape index (κ3) is 4.09. The lowest BCUT2D eigenvalue weighted by Crippen LogP contribution is -2.35. The Hall–Kier alpha value is -2.68. The number of aromatic nitrogens is 3. The molecule has 4 atom stereocenters. The number of hydrogen-bond donors (Lipinski definition) is 2. The summed E-state index contributed by atoms with van der Waals surface area (Å²) in [7, 11) is 0. The van der Waals surface area contributed by atoms with Crippen molar-refractivity contribution in [1.29, 1.82) is 0 Å². The highest BCUT2D eigenvalue weighted by Crippen LogP contribution is 2.41. The van der Waals surface area contributed by atoms with E-state index < -0.39 is 0 Å². The first-order valence-corrected chi connectivity index (χ1v) is 9.37. The molecule has 1 amide bonds. The first kappa shape index (κ1) is 20.1. The highest BCUT2D eigenvalue weighted by Gasteiger charge is 2.43. The molecule has 0 bridgehead atoms. The summed E-state index contributed by atoms with van der Waals surface area (Å²) in [6.45, 7) is 4.97. The molecule has 1 saturated heterocycles. The molecule has 0 unspecified atom stereocenters. The number of aliphatic hydroxyl groups excluding tert-OH is 1. The zero-order valence-corrected chi connectivity index (χ0v) is 16.1. The van der Waals surface area contributed by atoms with E-state index >= 15 is 0 Å². The number of carbonyl (C=O) groups is 2. The Labute approximate surface area is 163 Å². The molecule has 2 N–H and O–H groups in total. The van der Waals surface area contributed by atoms with Crippen LogP contribution >= 0.6 is 0 Å². The second-order valence-electron chi connectivity index (χ2n) is 7.52. The molecule has 2 aromatic heterocycles. The van der Waals surface area contributed by atoms with Gasteiger partial charge in [0.25, 0.3) is 6.47 Å². The second kappa shape index (κ2) is 8.55. The molecule has 3 heterocycles. The monoisotopic (exact) mass is 390 g/mol. The Balaban J connectivity index is 0.000000706. The molecule has 2 fully saturated rings. The normalized spacial score (nSPS) is 26.3. The van der Waals surface area contributed by atoms with Crippen LogP contribution in [0.4, 0.5) is 0 Å². The predicted molar refractivity (Wildman–Crippen MR) is 98.4 cm³/mol. The smallest absolute Gasteiger partial charge is 0.290 e. The molecule has 4 rings (SSSR count). The first-order valence-electron chi connectivity index (χ1n) is 9.37. The quantitative estimate of drug-likeness (QED) is 0.755. The maximum atomic E-state index is 12.7. The van der Waals surface area contributed by atoms with Gasteiger partial charge in [0.1, 0.15) is 5.76 Å². The minimum atomic E-state index is -0.381. The van der Waals surface area contributed by atoms with Crippen LogP contribution in [0.1, 0.15) is 35.9 Å². The van der Waals surface area contributed by atoms with Crippen molar-refractivity contribution in [3.8, 4) is 0 Å². The summed E-state index contributed by atoms with van der Waals surface area (Å²) < 4.78 is 7.16. The molecular weight excluding hydrogens is 364 g/mol. The maximum Gasteiger partial charge on any atom is 0.290 e. The highest BCUT2D eigenvalue weighted by atomic mass is 16.5. The van der Waals surface area contributed by atoms with E-state index in [0.29, 0.717) is 18.3 Å². The predicted octanol–water partition coefficient (Wildman–Crippen LogP) is 1.20. The van der Waals surface area contributed by atoms with E-state index in [1.807, 2.05) is 29.5 Å². The summed E-state index contributed by atoms with van der Waals surface area (Å²) in [5.41, 5.74) is 1.69. The van der Waals surface area contributed by atoms with Gasteiger partial charge in [-0.15, -0.1) is 0 Å². The number of nitrogens with zero attached hydrogens (tertiary/aromatic N) is 4. The van der Waals surface area contributed by atoms with Gasteiger partial charge < -0.3 is 24.2 Å². The maximum absolute atomic E-state index is 12.7. The SMILES string of the molecule is Cc1noc(C)c1CC(=O)N1C[C@H]2C[C@@H](n3ccnc3)[C@H](O)C[C@H]2C1.O=CO. The van der Waals surface area contributed by atoms with Crippen molar-refractivity contribution in [3.63, 3.8) is 0 Å². The van der Waals surface area contributed by atoms with Crippen LogP contribution in [-0.4, -0.2) is 61.4 Å². The van der Waals surface area contributed by atoms with E-state index in [2.05, 4.69) is 10.1 Å². The summed E-state index contributed by atoms with van der Waals surface area (Å²) in [5, 5.41) is 21.3. The Morgan fingerprint density at radius 2 is 2.00 bits per heavy atom.